The Labute approximate surface area is 171 Å². The number of rotatable bonds is 7. The molecule has 146 valence electrons. The third-order valence-corrected chi connectivity index (χ3v) is 5.26. The first-order valence-corrected chi connectivity index (χ1v) is 9.99. The van der Waals surface area contributed by atoms with Crippen LogP contribution in [0.25, 0.3) is 6.08 Å². The van der Waals surface area contributed by atoms with Crippen molar-refractivity contribution < 1.29 is 4.79 Å². The number of likely N-dealkylation sites (tertiary alicyclic amines) is 1. The zero-order valence-electron chi connectivity index (χ0n) is 16.3. The molecule has 4 nitrogen and oxygen atoms in total. The lowest BCUT2D eigenvalue weighted by Gasteiger charge is -2.45. The topological polar surface area (TPSA) is 45.2 Å². The molecule has 4 heteroatoms. The van der Waals surface area contributed by atoms with Gasteiger partial charge in [-0.25, -0.2) is 0 Å². The molecule has 1 aliphatic rings. The average molecular weight is 383 g/mol. The van der Waals surface area contributed by atoms with E-state index in [1.165, 1.54) is 11.1 Å². The third kappa shape index (κ3) is 4.98. The Morgan fingerprint density at radius 3 is 2.24 bits per heavy atom. The molecule has 2 heterocycles. The van der Waals surface area contributed by atoms with Crippen molar-refractivity contribution >= 4 is 12.0 Å². The van der Waals surface area contributed by atoms with Gasteiger partial charge in [0.15, 0.2) is 0 Å². The number of carbonyl (C=O) groups excluding carboxylic acids is 1. The lowest BCUT2D eigenvalue weighted by atomic mass is 9.90. The quantitative estimate of drug-likeness (QED) is 0.629. The standard InChI is InChI=1S/C25H25N3O/c29-24(14-13-20-8-7-15-26-16-20)27-17-21-18-28(19-21)25(22-9-3-1-4-10-22)23-11-5-2-6-12-23/h1-16,21,25H,17-19H2,(H,27,29)/b14-13-. The van der Waals surface area contributed by atoms with Crippen LogP contribution in [-0.2, 0) is 4.79 Å². The Kier molecular flexibility index (Phi) is 6.13. The van der Waals surface area contributed by atoms with E-state index in [0.29, 0.717) is 12.5 Å². The maximum absolute atomic E-state index is 12.1. The van der Waals surface area contributed by atoms with Gasteiger partial charge in [0.05, 0.1) is 6.04 Å². The number of hydrogen-bond acceptors (Lipinski definition) is 3. The molecule has 2 aromatic carbocycles. The fourth-order valence-corrected chi connectivity index (χ4v) is 3.78. The smallest absolute Gasteiger partial charge is 0.244 e. The number of carbonyl (C=O) groups is 1. The minimum atomic E-state index is -0.0602. The first-order chi connectivity index (χ1) is 14.3. The number of benzene rings is 2. The van der Waals surface area contributed by atoms with Crippen molar-refractivity contribution in [2.75, 3.05) is 19.6 Å². The Morgan fingerprint density at radius 2 is 1.66 bits per heavy atom. The lowest BCUT2D eigenvalue weighted by molar-refractivity contribution is -0.117. The summed E-state index contributed by atoms with van der Waals surface area (Å²) in [7, 11) is 0. The summed E-state index contributed by atoms with van der Waals surface area (Å²) < 4.78 is 0. The van der Waals surface area contributed by atoms with Gasteiger partial charge >= 0.3 is 0 Å². The van der Waals surface area contributed by atoms with E-state index in [1.54, 1.807) is 24.5 Å². The highest BCUT2D eigenvalue weighted by molar-refractivity contribution is 5.91. The van der Waals surface area contributed by atoms with Crippen molar-refractivity contribution in [1.82, 2.24) is 15.2 Å². The maximum atomic E-state index is 12.1. The Morgan fingerprint density at radius 1 is 1.00 bits per heavy atom. The van der Waals surface area contributed by atoms with Crippen LogP contribution in [0.2, 0.25) is 0 Å². The number of amides is 1. The first-order valence-electron chi connectivity index (χ1n) is 9.99. The van der Waals surface area contributed by atoms with Gasteiger partial charge in [-0.2, -0.15) is 0 Å². The number of nitrogens with zero attached hydrogens (tertiary/aromatic N) is 2. The second-order valence-corrected chi connectivity index (χ2v) is 7.41. The molecule has 29 heavy (non-hydrogen) atoms. The zero-order valence-corrected chi connectivity index (χ0v) is 16.3. The van der Waals surface area contributed by atoms with E-state index in [-0.39, 0.29) is 11.9 Å². The summed E-state index contributed by atoms with van der Waals surface area (Å²) in [5.74, 6) is 0.413. The summed E-state index contributed by atoms with van der Waals surface area (Å²) in [5.41, 5.74) is 3.53. The van der Waals surface area contributed by atoms with Crippen LogP contribution >= 0.6 is 0 Å². The number of nitrogens with one attached hydrogen (secondary N) is 1. The molecule has 1 saturated heterocycles. The molecule has 3 aromatic rings. The van der Waals surface area contributed by atoms with Crippen molar-refractivity contribution in [3.05, 3.63) is 108 Å². The molecule has 0 spiro atoms. The van der Waals surface area contributed by atoms with Crippen LogP contribution in [0.3, 0.4) is 0 Å². The molecule has 1 N–H and O–H groups in total. The SMILES string of the molecule is O=C(/C=C\c1cccnc1)NCC1CN(C(c2ccccc2)c2ccccc2)C1. The highest BCUT2D eigenvalue weighted by atomic mass is 16.1. The first kappa shape index (κ1) is 19.1. The van der Waals surface area contributed by atoms with Crippen LogP contribution in [0.4, 0.5) is 0 Å². The van der Waals surface area contributed by atoms with Gasteiger partial charge in [0.25, 0.3) is 0 Å². The van der Waals surface area contributed by atoms with E-state index in [1.807, 2.05) is 12.1 Å². The summed E-state index contributed by atoms with van der Waals surface area (Å²) in [4.78, 5) is 18.6. The lowest BCUT2D eigenvalue weighted by Crippen LogP contribution is -2.52. The van der Waals surface area contributed by atoms with Gasteiger partial charge in [0.1, 0.15) is 0 Å². The molecule has 0 saturated carbocycles. The van der Waals surface area contributed by atoms with Crippen molar-refractivity contribution in [3.8, 4) is 0 Å². The second-order valence-electron chi connectivity index (χ2n) is 7.41. The molecule has 0 atom stereocenters. The fraction of sp³-hybridized carbons (Fsp3) is 0.200. The summed E-state index contributed by atoms with van der Waals surface area (Å²) in [6.07, 6.45) is 6.82. The highest BCUT2D eigenvalue weighted by Crippen LogP contribution is 2.33. The predicted octanol–water partition coefficient (Wildman–Crippen LogP) is 3.93. The Bertz CT molecular complexity index is 896. The molecule has 4 rings (SSSR count). The van der Waals surface area contributed by atoms with Gasteiger partial charge in [0, 0.05) is 44.0 Å². The molecular weight excluding hydrogens is 358 g/mol. The highest BCUT2D eigenvalue weighted by Gasteiger charge is 2.33. The normalized spacial score (nSPS) is 14.8. The van der Waals surface area contributed by atoms with Gasteiger partial charge in [0.2, 0.25) is 5.91 Å². The van der Waals surface area contributed by atoms with Gasteiger partial charge in [-0.3, -0.25) is 14.7 Å². The van der Waals surface area contributed by atoms with Crippen molar-refractivity contribution in [1.29, 1.82) is 0 Å². The van der Waals surface area contributed by atoms with Crippen molar-refractivity contribution in [2.45, 2.75) is 6.04 Å². The second kappa shape index (κ2) is 9.30. The summed E-state index contributed by atoms with van der Waals surface area (Å²) >= 11 is 0. The number of pyridine rings is 1. The van der Waals surface area contributed by atoms with E-state index in [4.69, 9.17) is 0 Å². The molecule has 1 fully saturated rings. The molecule has 1 aliphatic heterocycles. The number of aromatic nitrogens is 1. The number of hydrogen-bond donors (Lipinski definition) is 1. The van der Waals surface area contributed by atoms with Gasteiger partial charge in [-0.05, 0) is 28.8 Å². The molecule has 0 aliphatic carbocycles. The van der Waals surface area contributed by atoms with Crippen LogP contribution < -0.4 is 5.32 Å². The van der Waals surface area contributed by atoms with Gasteiger partial charge in [-0.1, -0.05) is 66.7 Å². The van der Waals surface area contributed by atoms with Crippen LogP contribution in [0, 0.1) is 5.92 Å². The molecular formula is C25H25N3O. The fourth-order valence-electron chi connectivity index (χ4n) is 3.78. The van der Waals surface area contributed by atoms with Crippen LogP contribution in [-0.4, -0.2) is 35.4 Å². The third-order valence-electron chi connectivity index (χ3n) is 5.26. The average Bonchev–Trinajstić information content (AvgIpc) is 2.75. The van der Waals surface area contributed by atoms with Crippen molar-refractivity contribution in [2.24, 2.45) is 5.92 Å². The van der Waals surface area contributed by atoms with Crippen LogP contribution in [0.1, 0.15) is 22.7 Å². The van der Waals surface area contributed by atoms with E-state index in [9.17, 15) is 4.79 Å². The summed E-state index contributed by atoms with van der Waals surface area (Å²) in [6.45, 7) is 2.64. The molecule has 0 bridgehead atoms. The monoisotopic (exact) mass is 383 g/mol. The summed E-state index contributed by atoms with van der Waals surface area (Å²) in [6, 6.07) is 25.3. The van der Waals surface area contributed by atoms with Crippen LogP contribution in [0.15, 0.2) is 91.3 Å². The van der Waals surface area contributed by atoms with E-state index >= 15 is 0 Å². The van der Waals surface area contributed by atoms with Gasteiger partial charge < -0.3 is 5.32 Å². The van der Waals surface area contributed by atoms with Crippen molar-refractivity contribution in [3.63, 3.8) is 0 Å². The predicted molar refractivity (Wildman–Crippen MR) is 116 cm³/mol. The molecule has 1 amide bonds. The van der Waals surface area contributed by atoms with Gasteiger partial charge in [-0.15, -0.1) is 0 Å². The molecule has 0 unspecified atom stereocenters. The minimum absolute atomic E-state index is 0.0602. The largest absolute Gasteiger partial charge is 0.352 e. The Hall–Kier alpha value is -3.24. The molecule has 1 aromatic heterocycles. The van der Waals surface area contributed by atoms with Crippen LogP contribution in [0.5, 0.6) is 0 Å². The van der Waals surface area contributed by atoms with E-state index in [0.717, 1.165) is 18.7 Å². The van der Waals surface area contributed by atoms with E-state index < -0.39 is 0 Å². The van der Waals surface area contributed by atoms with E-state index in [2.05, 4.69) is 75.9 Å². The Balaban J connectivity index is 1.32. The summed E-state index contributed by atoms with van der Waals surface area (Å²) in [5, 5.41) is 3.02. The molecule has 0 radical (unpaired) electrons. The minimum Gasteiger partial charge on any atom is -0.352 e. The zero-order chi connectivity index (χ0) is 19.9. The maximum Gasteiger partial charge on any atom is 0.244 e.